The van der Waals surface area contributed by atoms with E-state index in [1.54, 1.807) is 43.3 Å². The number of benzene rings is 2. The van der Waals surface area contributed by atoms with E-state index in [0.717, 1.165) is 59.9 Å². The van der Waals surface area contributed by atoms with E-state index in [-0.39, 0.29) is 35.1 Å². The lowest BCUT2D eigenvalue weighted by Gasteiger charge is -2.40. The second-order valence-electron chi connectivity index (χ2n) is 16.8. The number of nitrogens with zero attached hydrogens (tertiary/aromatic N) is 6. The highest BCUT2D eigenvalue weighted by Gasteiger charge is 2.46. The van der Waals surface area contributed by atoms with Gasteiger partial charge in [-0.15, -0.1) is 11.3 Å². The Bertz CT molecular complexity index is 2460. The number of thiophene rings is 1. The number of hydrogen-bond acceptors (Lipinski definition) is 12. The molecule has 4 aromatic rings. The topological polar surface area (TPSA) is 149 Å². The summed E-state index contributed by atoms with van der Waals surface area (Å²) in [6, 6.07) is 8.94. The van der Waals surface area contributed by atoms with Crippen LogP contribution >= 0.6 is 11.3 Å². The van der Waals surface area contributed by atoms with Crippen LogP contribution in [0.25, 0.3) is 21.2 Å². The minimum absolute atomic E-state index is 0.0745. The highest BCUT2D eigenvalue weighted by molar-refractivity contribution is 7.21. The number of piperidine rings is 2. The highest BCUT2D eigenvalue weighted by Crippen LogP contribution is 2.40. The fourth-order valence-corrected chi connectivity index (χ4v) is 10.1. The Morgan fingerprint density at radius 1 is 0.935 bits per heavy atom. The van der Waals surface area contributed by atoms with Crippen molar-refractivity contribution >= 4 is 50.7 Å². The number of piperazine rings is 1. The van der Waals surface area contributed by atoms with E-state index in [4.69, 9.17) is 9.47 Å². The first-order chi connectivity index (χ1) is 29.6. The Balaban J connectivity index is 0.858. The van der Waals surface area contributed by atoms with Crippen LogP contribution in [-0.4, -0.2) is 146 Å². The number of carbonyl (C=O) groups is 4. The lowest BCUT2D eigenvalue weighted by atomic mass is 10.0. The number of likely N-dealkylation sites (tertiary alicyclic amines) is 1. The molecule has 2 unspecified atom stereocenters. The van der Waals surface area contributed by atoms with Crippen LogP contribution in [0.5, 0.6) is 11.5 Å². The van der Waals surface area contributed by atoms with Crippen molar-refractivity contribution in [2.45, 2.75) is 50.4 Å². The summed E-state index contributed by atoms with van der Waals surface area (Å²) in [5.74, 6) is -3.56. The number of aromatic nitrogens is 1. The molecule has 2 aromatic heterocycles. The lowest BCUT2D eigenvalue weighted by Crippen LogP contribution is -2.59. The number of fused-ring (bicyclic) bond motifs is 2. The van der Waals surface area contributed by atoms with Gasteiger partial charge in [0.25, 0.3) is 23.3 Å². The molecular weight excluding hydrogens is 823 g/mol. The van der Waals surface area contributed by atoms with Crippen molar-refractivity contribution < 1.29 is 37.4 Å². The van der Waals surface area contributed by atoms with Crippen LogP contribution in [0.4, 0.5) is 14.5 Å². The molecule has 62 heavy (non-hydrogen) atoms. The van der Waals surface area contributed by atoms with E-state index < -0.39 is 36.4 Å². The standard InChI is InChI=1S/C44H52F2N8O7S/c1-49(2)23-32-34(60-4)19-26(20-35(32)61-5)31-24-50(3)42(58)30-21-36(62-39(30)31)41(57)47-37-10-11-52(25-44(37,45)46)13-12-51-14-16-53(17-15-51)28-6-7-29-27(18-28)22-54(43(29)59)33-8-9-38(55)48-40(33)56/h6-7,18-21,24,33,37H,8-17,22-23,25H2,1-5H3,(H,47,57)(H,48,55,56). The van der Waals surface area contributed by atoms with E-state index in [9.17, 15) is 24.0 Å². The van der Waals surface area contributed by atoms with Gasteiger partial charge >= 0.3 is 0 Å². The lowest BCUT2D eigenvalue weighted by molar-refractivity contribution is -0.136. The maximum absolute atomic E-state index is 15.7. The number of rotatable bonds is 12. The van der Waals surface area contributed by atoms with E-state index in [1.165, 1.54) is 10.6 Å². The monoisotopic (exact) mass is 874 g/mol. The van der Waals surface area contributed by atoms with Gasteiger partial charge in [-0.3, -0.25) is 39.1 Å². The predicted molar refractivity (Wildman–Crippen MR) is 231 cm³/mol. The molecule has 3 fully saturated rings. The van der Waals surface area contributed by atoms with Crippen molar-refractivity contribution in [3.8, 4) is 22.6 Å². The molecule has 330 valence electrons. The van der Waals surface area contributed by atoms with Gasteiger partial charge in [-0.05, 0) is 74.5 Å². The van der Waals surface area contributed by atoms with E-state index in [0.29, 0.717) is 71.9 Å². The SMILES string of the molecule is COc1cc(-c2cn(C)c(=O)c3cc(C(=O)NC4CCN(CCN5CCN(c6ccc7c(c6)CN(C6CCC(=O)NC6=O)C7=O)CC5)CC4(F)F)sc23)cc(OC)c1CN(C)C. The molecule has 6 heterocycles. The smallest absolute Gasteiger partial charge is 0.280 e. The summed E-state index contributed by atoms with van der Waals surface area (Å²) in [6.45, 7) is 4.81. The van der Waals surface area contributed by atoms with E-state index in [1.807, 2.05) is 43.3 Å². The number of aryl methyl sites for hydroxylation is 1. The number of amides is 4. The van der Waals surface area contributed by atoms with Crippen molar-refractivity contribution in [2.24, 2.45) is 7.05 Å². The summed E-state index contributed by atoms with van der Waals surface area (Å²) >= 11 is 1.10. The third kappa shape index (κ3) is 8.52. The second-order valence-corrected chi connectivity index (χ2v) is 17.9. The van der Waals surface area contributed by atoms with Crippen LogP contribution in [0.3, 0.4) is 0 Å². The highest BCUT2D eigenvalue weighted by atomic mass is 32.1. The molecule has 2 aromatic carbocycles. The third-order valence-electron chi connectivity index (χ3n) is 12.4. The summed E-state index contributed by atoms with van der Waals surface area (Å²) in [6.07, 6.45) is 2.29. The molecular formula is C44H52F2N8O7S. The van der Waals surface area contributed by atoms with Gasteiger partial charge in [0.2, 0.25) is 11.8 Å². The maximum Gasteiger partial charge on any atom is 0.280 e. The van der Waals surface area contributed by atoms with Gasteiger partial charge in [-0.2, -0.15) is 0 Å². The molecule has 4 amide bonds. The number of ether oxygens (including phenoxy) is 2. The molecule has 18 heteroatoms. The number of pyridine rings is 1. The quantitative estimate of drug-likeness (QED) is 0.202. The van der Waals surface area contributed by atoms with Gasteiger partial charge < -0.3 is 34.1 Å². The number of methoxy groups -OCH3 is 2. The Morgan fingerprint density at radius 2 is 1.65 bits per heavy atom. The number of carbonyl (C=O) groups excluding carboxylic acids is 4. The number of anilines is 1. The van der Waals surface area contributed by atoms with Gasteiger partial charge in [0.15, 0.2) is 0 Å². The van der Waals surface area contributed by atoms with Crippen molar-refractivity contribution in [2.75, 3.05) is 85.6 Å². The van der Waals surface area contributed by atoms with Crippen molar-refractivity contribution in [3.63, 3.8) is 0 Å². The fourth-order valence-electron chi connectivity index (χ4n) is 9.06. The van der Waals surface area contributed by atoms with Gasteiger partial charge in [0.1, 0.15) is 17.5 Å². The van der Waals surface area contributed by atoms with Crippen LogP contribution < -0.4 is 30.6 Å². The molecule has 0 radical (unpaired) electrons. The van der Waals surface area contributed by atoms with Crippen LogP contribution in [0.1, 0.15) is 50.4 Å². The summed E-state index contributed by atoms with van der Waals surface area (Å²) in [5, 5.41) is 5.26. The number of nitrogens with one attached hydrogen (secondary N) is 2. The van der Waals surface area contributed by atoms with Crippen molar-refractivity contribution in [1.29, 1.82) is 0 Å². The van der Waals surface area contributed by atoms with Crippen LogP contribution in [0, 0.1) is 0 Å². The molecule has 3 saturated heterocycles. The summed E-state index contributed by atoms with van der Waals surface area (Å²) in [4.78, 5) is 74.1. The molecule has 4 aliphatic rings. The second kappa shape index (κ2) is 17.4. The maximum atomic E-state index is 15.7. The van der Waals surface area contributed by atoms with Crippen LogP contribution in [0.2, 0.25) is 0 Å². The van der Waals surface area contributed by atoms with Gasteiger partial charge in [-0.1, -0.05) is 0 Å². The van der Waals surface area contributed by atoms with Gasteiger partial charge in [0.05, 0.1) is 42.6 Å². The zero-order chi connectivity index (χ0) is 44.0. The Hall–Kier alpha value is -5.43. The Kier molecular flexibility index (Phi) is 12.1. The Morgan fingerprint density at radius 3 is 2.31 bits per heavy atom. The zero-order valence-electron chi connectivity index (χ0n) is 35.6. The first-order valence-electron chi connectivity index (χ1n) is 20.8. The number of hydrogen-bond donors (Lipinski definition) is 2. The first kappa shape index (κ1) is 43.2. The van der Waals surface area contributed by atoms with Crippen LogP contribution in [0.15, 0.2) is 47.4 Å². The average molecular weight is 875 g/mol. The zero-order valence-corrected chi connectivity index (χ0v) is 36.4. The summed E-state index contributed by atoms with van der Waals surface area (Å²) in [5.41, 5.74) is 4.36. The predicted octanol–water partition coefficient (Wildman–Crippen LogP) is 3.37. The average Bonchev–Trinajstić information content (AvgIpc) is 3.84. The molecule has 0 saturated carbocycles. The largest absolute Gasteiger partial charge is 0.496 e. The van der Waals surface area contributed by atoms with E-state index in [2.05, 4.69) is 20.4 Å². The van der Waals surface area contributed by atoms with Gasteiger partial charge in [0, 0.05) is 100 Å². The normalized spacial score (nSPS) is 20.8. The molecule has 0 spiro atoms. The van der Waals surface area contributed by atoms with Crippen LogP contribution in [-0.2, 0) is 29.7 Å². The number of imide groups is 1. The van der Waals surface area contributed by atoms with Crippen molar-refractivity contribution in [3.05, 3.63) is 74.5 Å². The fraction of sp³-hybridized carbons (Fsp3) is 0.477. The summed E-state index contributed by atoms with van der Waals surface area (Å²) < 4.78 is 44.9. The molecule has 2 atom stereocenters. The van der Waals surface area contributed by atoms with E-state index >= 15 is 8.78 Å². The molecule has 2 N–H and O–H groups in total. The third-order valence-corrected chi connectivity index (χ3v) is 13.6. The minimum Gasteiger partial charge on any atom is -0.496 e. The Labute approximate surface area is 362 Å². The molecule has 0 bridgehead atoms. The molecule has 15 nitrogen and oxygen atoms in total. The minimum atomic E-state index is -3.17. The number of alkyl halides is 2. The first-order valence-corrected chi connectivity index (χ1v) is 21.6. The number of halogens is 2. The van der Waals surface area contributed by atoms with Gasteiger partial charge in [-0.25, -0.2) is 8.78 Å². The summed E-state index contributed by atoms with van der Waals surface area (Å²) in [7, 11) is 8.68. The van der Waals surface area contributed by atoms with Crippen molar-refractivity contribution in [1.82, 2.24) is 34.8 Å². The molecule has 0 aliphatic carbocycles. The molecule has 8 rings (SSSR count). The molecule has 4 aliphatic heterocycles.